The summed E-state index contributed by atoms with van der Waals surface area (Å²) in [5.41, 5.74) is 1.08. The summed E-state index contributed by atoms with van der Waals surface area (Å²) in [6, 6.07) is 0. The molecule has 0 aromatic carbocycles. The van der Waals surface area contributed by atoms with Crippen molar-refractivity contribution < 1.29 is 4.74 Å². The normalized spacial score (nSPS) is 25.3. The molecule has 4 heterocycles. The smallest absolute Gasteiger partial charge is 0.147 e. The largest absolute Gasteiger partial charge is 0.370 e. The van der Waals surface area contributed by atoms with Crippen LogP contribution in [0.5, 0.6) is 0 Å². The van der Waals surface area contributed by atoms with Crippen LogP contribution in [0.1, 0.15) is 23.5 Å². The predicted octanol–water partition coefficient (Wildman–Crippen LogP) is 2.11. The van der Waals surface area contributed by atoms with Crippen LogP contribution in [0.15, 0.2) is 24.0 Å². The fraction of sp³-hybridized carbons (Fsp3) is 0.588. The summed E-state index contributed by atoms with van der Waals surface area (Å²) in [5, 5.41) is 3.31. The highest BCUT2D eigenvalue weighted by Crippen LogP contribution is 2.31. The highest BCUT2D eigenvalue weighted by atomic mass is 32.1. The molecule has 2 aliphatic rings. The van der Waals surface area contributed by atoms with Gasteiger partial charge in [0.1, 0.15) is 5.82 Å². The lowest BCUT2D eigenvalue weighted by molar-refractivity contribution is -0.0988. The first kappa shape index (κ1) is 15.9. The SMILES string of the molecule is Cc1nc(CN2CCCC3(C2)CN(c2cnccn2)CCO3)cs1. The van der Waals surface area contributed by atoms with Crippen LogP contribution >= 0.6 is 11.3 Å². The van der Waals surface area contributed by atoms with Crippen molar-refractivity contribution in [2.24, 2.45) is 0 Å². The maximum absolute atomic E-state index is 6.28. The van der Waals surface area contributed by atoms with Crippen LogP contribution in [0.25, 0.3) is 0 Å². The van der Waals surface area contributed by atoms with Crippen molar-refractivity contribution in [3.8, 4) is 0 Å². The molecule has 128 valence electrons. The lowest BCUT2D eigenvalue weighted by Gasteiger charge is -2.48. The van der Waals surface area contributed by atoms with Gasteiger partial charge in [0.15, 0.2) is 0 Å². The van der Waals surface area contributed by atoms with E-state index in [-0.39, 0.29) is 5.60 Å². The quantitative estimate of drug-likeness (QED) is 0.849. The van der Waals surface area contributed by atoms with Gasteiger partial charge in [0, 0.05) is 44.0 Å². The van der Waals surface area contributed by atoms with Gasteiger partial charge in [-0.3, -0.25) is 9.88 Å². The second kappa shape index (κ2) is 6.74. The first-order valence-electron chi connectivity index (χ1n) is 8.51. The third-order valence-corrected chi connectivity index (χ3v) is 5.62. The third kappa shape index (κ3) is 3.43. The third-order valence-electron chi connectivity index (χ3n) is 4.79. The second-order valence-corrected chi connectivity index (χ2v) is 7.75. The van der Waals surface area contributed by atoms with Crippen LogP contribution in [-0.2, 0) is 11.3 Å². The Balaban J connectivity index is 1.45. The van der Waals surface area contributed by atoms with Crippen molar-refractivity contribution in [3.63, 3.8) is 0 Å². The number of rotatable bonds is 3. The monoisotopic (exact) mass is 345 g/mol. The number of ether oxygens (including phenoxy) is 1. The fourth-order valence-corrected chi connectivity index (χ4v) is 4.38. The molecule has 24 heavy (non-hydrogen) atoms. The number of aryl methyl sites for hydroxylation is 1. The Labute approximate surface area is 146 Å². The van der Waals surface area contributed by atoms with E-state index in [0.29, 0.717) is 0 Å². The molecule has 0 N–H and O–H groups in total. The molecule has 0 saturated carbocycles. The summed E-state index contributed by atoms with van der Waals surface area (Å²) in [5.74, 6) is 0.951. The van der Waals surface area contributed by atoms with E-state index in [2.05, 4.69) is 37.1 Å². The molecule has 0 aliphatic carbocycles. The average Bonchev–Trinajstić information content (AvgIpc) is 3.01. The number of aromatic nitrogens is 3. The Morgan fingerprint density at radius 3 is 3.04 bits per heavy atom. The van der Waals surface area contributed by atoms with E-state index in [9.17, 15) is 0 Å². The van der Waals surface area contributed by atoms with Gasteiger partial charge >= 0.3 is 0 Å². The molecule has 1 atom stereocenters. The zero-order valence-corrected chi connectivity index (χ0v) is 14.8. The van der Waals surface area contributed by atoms with Gasteiger partial charge < -0.3 is 9.64 Å². The van der Waals surface area contributed by atoms with Gasteiger partial charge in [-0.25, -0.2) is 9.97 Å². The van der Waals surface area contributed by atoms with Gasteiger partial charge in [-0.2, -0.15) is 0 Å². The molecule has 0 radical (unpaired) electrons. The van der Waals surface area contributed by atoms with Crippen LogP contribution in [-0.4, -0.2) is 58.2 Å². The second-order valence-electron chi connectivity index (χ2n) is 6.69. The number of morpholine rings is 1. The Kier molecular flexibility index (Phi) is 4.47. The minimum Gasteiger partial charge on any atom is -0.370 e. The highest BCUT2D eigenvalue weighted by molar-refractivity contribution is 7.09. The van der Waals surface area contributed by atoms with Crippen molar-refractivity contribution >= 4 is 17.2 Å². The minimum atomic E-state index is -0.0981. The fourth-order valence-electron chi connectivity index (χ4n) is 3.78. The number of hydrogen-bond donors (Lipinski definition) is 0. The molecule has 4 rings (SSSR count). The van der Waals surface area contributed by atoms with Gasteiger partial charge in [0.05, 0.1) is 29.1 Å². The number of piperidine rings is 1. The van der Waals surface area contributed by atoms with E-state index in [1.807, 2.05) is 6.20 Å². The Hall–Kier alpha value is -1.57. The van der Waals surface area contributed by atoms with Gasteiger partial charge in [-0.05, 0) is 26.3 Å². The first-order chi connectivity index (χ1) is 11.7. The lowest BCUT2D eigenvalue weighted by Crippen LogP contribution is -2.59. The van der Waals surface area contributed by atoms with Crippen molar-refractivity contribution in [1.29, 1.82) is 0 Å². The molecule has 1 unspecified atom stereocenters. The zero-order chi connectivity index (χ0) is 16.4. The molecule has 2 aromatic rings. The van der Waals surface area contributed by atoms with E-state index < -0.39 is 0 Å². The van der Waals surface area contributed by atoms with Crippen LogP contribution < -0.4 is 4.90 Å². The Morgan fingerprint density at radius 1 is 1.29 bits per heavy atom. The lowest BCUT2D eigenvalue weighted by atomic mass is 9.90. The number of anilines is 1. The predicted molar refractivity (Wildman–Crippen MR) is 94.3 cm³/mol. The van der Waals surface area contributed by atoms with Gasteiger partial charge in [-0.15, -0.1) is 11.3 Å². The molecule has 0 bridgehead atoms. The summed E-state index contributed by atoms with van der Waals surface area (Å²) in [6.45, 7) is 7.58. The van der Waals surface area contributed by atoms with Crippen LogP contribution in [0.2, 0.25) is 0 Å². The summed E-state index contributed by atoms with van der Waals surface area (Å²) in [6.07, 6.45) is 7.60. The summed E-state index contributed by atoms with van der Waals surface area (Å²) in [7, 11) is 0. The highest BCUT2D eigenvalue weighted by Gasteiger charge is 2.41. The molecule has 2 aromatic heterocycles. The topological polar surface area (TPSA) is 54.4 Å². The Bertz CT molecular complexity index is 675. The molecule has 2 aliphatic heterocycles. The molecule has 6 nitrogen and oxygen atoms in total. The van der Waals surface area contributed by atoms with E-state index in [0.717, 1.165) is 63.0 Å². The average molecular weight is 345 g/mol. The van der Waals surface area contributed by atoms with Crippen molar-refractivity contribution in [3.05, 3.63) is 34.7 Å². The van der Waals surface area contributed by atoms with Crippen molar-refractivity contribution in [2.45, 2.75) is 31.9 Å². The van der Waals surface area contributed by atoms with Gasteiger partial charge in [0.2, 0.25) is 0 Å². The standard InChI is InChI=1S/C17H23N5OS/c1-14-20-15(11-24-14)10-21-6-2-3-17(12-21)13-22(7-8-23-17)16-9-18-4-5-19-16/h4-5,9,11H,2-3,6-8,10,12-13H2,1H3. The van der Waals surface area contributed by atoms with E-state index in [4.69, 9.17) is 4.74 Å². The molecule has 7 heteroatoms. The number of likely N-dealkylation sites (tertiary alicyclic amines) is 1. The van der Waals surface area contributed by atoms with Gasteiger partial charge in [0.25, 0.3) is 0 Å². The van der Waals surface area contributed by atoms with Crippen LogP contribution in [0, 0.1) is 6.92 Å². The maximum Gasteiger partial charge on any atom is 0.147 e. The maximum atomic E-state index is 6.28. The first-order valence-corrected chi connectivity index (χ1v) is 9.39. The van der Waals surface area contributed by atoms with Crippen LogP contribution in [0.4, 0.5) is 5.82 Å². The molecule has 2 saturated heterocycles. The van der Waals surface area contributed by atoms with Crippen molar-refractivity contribution in [2.75, 3.05) is 37.7 Å². The molecular weight excluding hydrogens is 322 g/mol. The summed E-state index contributed by atoms with van der Waals surface area (Å²) >= 11 is 1.73. The van der Waals surface area contributed by atoms with Gasteiger partial charge in [-0.1, -0.05) is 0 Å². The molecule has 1 spiro atoms. The zero-order valence-electron chi connectivity index (χ0n) is 14.0. The minimum absolute atomic E-state index is 0.0981. The molecular formula is C17H23N5OS. The van der Waals surface area contributed by atoms with Crippen molar-refractivity contribution in [1.82, 2.24) is 19.9 Å². The van der Waals surface area contributed by atoms with E-state index in [1.54, 1.807) is 23.7 Å². The van der Waals surface area contributed by atoms with Crippen LogP contribution in [0.3, 0.4) is 0 Å². The number of nitrogens with zero attached hydrogens (tertiary/aromatic N) is 5. The number of hydrogen-bond acceptors (Lipinski definition) is 7. The molecule has 0 amide bonds. The summed E-state index contributed by atoms with van der Waals surface area (Å²) < 4.78 is 6.28. The summed E-state index contributed by atoms with van der Waals surface area (Å²) in [4.78, 5) is 18.1. The molecule has 2 fully saturated rings. The Morgan fingerprint density at radius 2 is 2.25 bits per heavy atom. The number of thiazole rings is 1. The van der Waals surface area contributed by atoms with E-state index in [1.165, 1.54) is 5.69 Å². The van der Waals surface area contributed by atoms with E-state index >= 15 is 0 Å².